The van der Waals surface area contributed by atoms with Crippen molar-refractivity contribution in [3.63, 3.8) is 0 Å². The Hall–Kier alpha value is -0.610. The third-order valence-electron chi connectivity index (χ3n) is 3.47. The second-order valence-corrected chi connectivity index (χ2v) is 5.46. The molecule has 0 aliphatic heterocycles. The van der Waals surface area contributed by atoms with Gasteiger partial charge in [0.15, 0.2) is 0 Å². The molecule has 0 spiro atoms. The van der Waals surface area contributed by atoms with E-state index in [1.54, 1.807) is 0 Å². The molecule has 0 heterocycles. The molecule has 3 N–H and O–H groups in total. The Morgan fingerprint density at radius 3 is 2.33 bits per heavy atom. The van der Waals surface area contributed by atoms with Crippen LogP contribution in [0.2, 0.25) is 0 Å². The van der Waals surface area contributed by atoms with Crippen molar-refractivity contribution in [1.29, 1.82) is 0 Å². The minimum absolute atomic E-state index is 0.254. The van der Waals surface area contributed by atoms with Crippen LogP contribution in [0.15, 0.2) is 0 Å². The van der Waals surface area contributed by atoms with Gasteiger partial charge in [-0.25, -0.2) is 0 Å². The average Bonchev–Trinajstić information content (AvgIpc) is 2.27. The molecule has 4 nitrogen and oxygen atoms in total. The normalized spacial score (nSPS) is 15.1. The number of hydrogen-bond acceptors (Lipinski definition) is 3. The number of nitrogens with two attached hydrogens (primary N) is 1. The number of rotatable bonds is 10. The zero-order valence-corrected chi connectivity index (χ0v) is 12.8. The van der Waals surface area contributed by atoms with Gasteiger partial charge in [0, 0.05) is 6.04 Å². The minimum atomic E-state index is -0.566. The zero-order chi connectivity index (χ0) is 14.2. The van der Waals surface area contributed by atoms with E-state index in [1.165, 1.54) is 6.42 Å². The molecule has 4 heteroatoms. The number of amides is 1. The van der Waals surface area contributed by atoms with Crippen LogP contribution in [0, 0.1) is 0 Å². The molecule has 0 aliphatic rings. The molecule has 0 aromatic rings. The van der Waals surface area contributed by atoms with Crippen molar-refractivity contribution in [1.82, 2.24) is 10.2 Å². The van der Waals surface area contributed by atoms with Gasteiger partial charge in [-0.3, -0.25) is 4.79 Å². The SMILES string of the molecule is CCCN(CCCC(C)(NCC)C(N)=O)C(C)C. The number of primary amides is 1. The smallest absolute Gasteiger partial charge is 0.237 e. The maximum absolute atomic E-state index is 11.5. The van der Waals surface area contributed by atoms with Gasteiger partial charge >= 0.3 is 0 Å². The van der Waals surface area contributed by atoms with Crippen molar-refractivity contribution >= 4 is 5.91 Å². The van der Waals surface area contributed by atoms with Gasteiger partial charge in [0.25, 0.3) is 0 Å². The first-order valence-electron chi connectivity index (χ1n) is 7.16. The molecule has 0 saturated carbocycles. The Balaban J connectivity index is 4.23. The summed E-state index contributed by atoms with van der Waals surface area (Å²) in [6, 6.07) is 0.559. The molecule has 1 amide bonds. The molecule has 0 aliphatic carbocycles. The van der Waals surface area contributed by atoms with Crippen molar-refractivity contribution < 1.29 is 4.79 Å². The first-order valence-corrected chi connectivity index (χ1v) is 7.16. The lowest BCUT2D eigenvalue weighted by atomic mass is 9.94. The number of carbonyl (C=O) groups is 1. The second-order valence-electron chi connectivity index (χ2n) is 5.46. The van der Waals surface area contributed by atoms with E-state index >= 15 is 0 Å². The monoisotopic (exact) mass is 257 g/mol. The summed E-state index contributed by atoms with van der Waals surface area (Å²) >= 11 is 0. The van der Waals surface area contributed by atoms with Crippen LogP contribution in [0.4, 0.5) is 0 Å². The third-order valence-corrected chi connectivity index (χ3v) is 3.47. The number of nitrogens with one attached hydrogen (secondary N) is 1. The molecule has 0 aromatic carbocycles. The molecule has 0 radical (unpaired) electrons. The lowest BCUT2D eigenvalue weighted by Crippen LogP contribution is -2.53. The average molecular weight is 257 g/mol. The van der Waals surface area contributed by atoms with Crippen molar-refractivity contribution in [2.24, 2.45) is 5.73 Å². The van der Waals surface area contributed by atoms with Crippen molar-refractivity contribution in [2.45, 2.75) is 65.5 Å². The maximum Gasteiger partial charge on any atom is 0.237 e. The van der Waals surface area contributed by atoms with Crippen LogP contribution < -0.4 is 11.1 Å². The van der Waals surface area contributed by atoms with E-state index in [9.17, 15) is 4.79 Å². The van der Waals surface area contributed by atoms with Gasteiger partial charge in [0.1, 0.15) is 0 Å². The Labute approximate surface area is 112 Å². The van der Waals surface area contributed by atoms with Crippen LogP contribution in [0.1, 0.15) is 53.9 Å². The summed E-state index contributed by atoms with van der Waals surface area (Å²) in [6.07, 6.45) is 2.95. The van der Waals surface area contributed by atoms with Gasteiger partial charge in [-0.15, -0.1) is 0 Å². The van der Waals surface area contributed by atoms with Crippen LogP contribution in [0.25, 0.3) is 0 Å². The van der Waals surface area contributed by atoms with Crippen LogP contribution in [-0.2, 0) is 4.79 Å². The fraction of sp³-hybridized carbons (Fsp3) is 0.929. The quantitative estimate of drug-likeness (QED) is 0.627. The minimum Gasteiger partial charge on any atom is -0.368 e. The Morgan fingerprint density at radius 1 is 1.33 bits per heavy atom. The molecule has 0 saturated heterocycles. The van der Waals surface area contributed by atoms with Gasteiger partial charge in [-0.2, -0.15) is 0 Å². The van der Waals surface area contributed by atoms with Crippen LogP contribution in [0.5, 0.6) is 0 Å². The molecule has 0 fully saturated rings. The summed E-state index contributed by atoms with van der Waals surface area (Å²) in [5.41, 5.74) is 4.91. The van der Waals surface area contributed by atoms with Crippen LogP contribution in [-0.4, -0.2) is 42.0 Å². The molecule has 18 heavy (non-hydrogen) atoms. The Bertz CT molecular complexity index is 243. The summed E-state index contributed by atoms with van der Waals surface area (Å²) < 4.78 is 0. The lowest BCUT2D eigenvalue weighted by molar-refractivity contribution is -0.124. The number of likely N-dealkylation sites (N-methyl/N-ethyl adjacent to an activating group) is 1. The van der Waals surface area contributed by atoms with E-state index in [-0.39, 0.29) is 5.91 Å². The van der Waals surface area contributed by atoms with Crippen LogP contribution in [0.3, 0.4) is 0 Å². The highest BCUT2D eigenvalue weighted by molar-refractivity contribution is 5.84. The summed E-state index contributed by atoms with van der Waals surface area (Å²) in [6.45, 7) is 13.4. The first-order chi connectivity index (χ1) is 8.37. The standard InChI is InChI=1S/C14H31N3O/c1-6-10-17(12(3)4)11-8-9-14(5,13(15)18)16-7-2/h12,16H,6-11H2,1-5H3,(H2,15,18). The van der Waals surface area contributed by atoms with Gasteiger partial charge in [-0.05, 0) is 59.7 Å². The van der Waals surface area contributed by atoms with Crippen molar-refractivity contribution in [2.75, 3.05) is 19.6 Å². The first kappa shape index (κ1) is 17.4. The molecule has 1 unspecified atom stereocenters. The predicted octanol–water partition coefficient (Wildman–Crippen LogP) is 1.74. The Kier molecular flexibility index (Phi) is 8.20. The Morgan fingerprint density at radius 2 is 1.94 bits per heavy atom. The number of hydrogen-bond donors (Lipinski definition) is 2. The fourth-order valence-electron chi connectivity index (χ4n) is 2.24. The van der Waals surface area contributed by atoms with E-state index in [0.717, 1.165) is 32.5 Å². The fourth-order valence-corrected chi connectivity index (χ4v) is 2.24. The lowest BCUT2D eigenvalue weighted by Gasteiger charge is -2.30. The number of carbonyl (C=O) groups excluding carboxylic acids is 1. The maximum atomic E-state index is 11.5. The van der Waals surface area contributed by atoms with Gasteiger partial charge in [0.05, 0.1) is 5.54 Å². The predicted molar refractivity (Wildman–Crippen MR) is 77.5 cm³/mol. The molecule has 0 bridgehead atoms. The summed E-state index contributed by atoms with van der Waals surface area (Å²) in [5.74, 6) is -0.254. The zero-order valence-electron chi connectivity index (χ0n) is 12.8. The highest BCUT2D eigenvalue weighted by Crippen LogP contribution is 2.13. The van der Waals surface area contributed by atoms with E-state index < -0.39 is 5.54 Å². The molecular formula is C14H31N3O. The van der Waals surface area contributed by atoms with E-state index in [0.29, 0.717) is 6.04 Å². The highest BCUT2D eigenvalue weighted by Gasteiger charge is 2.29. The summed E-state index contributed by atoms with van der Waals surface area (Å²) in [4.78, 5) is 13.9. The van der Waals surface area contributed by atoms with Gasteiger partial charge < -0.3 is 16.0 Å². The third kappa shape index (κ3) is 5.83. The van der Waals surface area contributed by atoms with E-state index in [1.807, 2.05) is 13.8 Å². The van der Waals surface area contributed by atoms with E-state index in [4.69, 9.17) is 5.73 Å². The van der Waals surface area contributed by atoms with Crippen molar-refractivity contribution in [3.8, 4) is 0 Å². The molecule has 0 rings (SSSR count). The summed E-state index contributed by atoms with van der Waals surface area (Å²) in [7, 11) is 0. The van der Waals surface area contributed by atoms with Gasteiger partial charge in [-0.1, -0.05) is 13.8 Å². The number of nitrogens with zero attached hydrogens (tertiary/aromatic N) is 1. The molecule has 0 aromatic heterocycles. The molecule has 108 valence electrons. The van der Waals surface area contributed by atoms with Crippen molar-refractivity contribution in [3.05, 3.63) is 0 Å². The molecular weight excluding hydrogens is 226 g/mol. The van der Waals surface area contributed by atoms with Crippen LogP contribution >= 0.6 is 0 Å². The topological polar surface area (TPSA) is 58.4 Å². The summed E-state index contributed by atoms with van der Waals surface area (Å²) in [5, 5.41) is 3.20. The second kappa shape index (κ2) is 8.48. The largest absolute Gasteiger partial charge is 0.368 e. The van der Waals surface area contributed by atoms with Gasteiger partial charge in [0.2, 0.25) is 5.91 Å². The molecule has 1 atom stereocenters. The van der Waals surface area contributed by atoms with E-state index in [2.05, 4.69) is 31.0 Å². The highest BCUT2D eigenvalue weighted by atomic mass is 16.1.